The predicted octanol–water partition coefficient (Wildman–Crippen LogP) is 2.61. The summed E-state index contributed by atoms with van der Waals surface area (Å²) in [6.07, 6.45) is 0.367. The molecule has 1 aromatic carbocycles. The molecule has 0 aliphatic carbocycles. The monoisotopic (exact) mass is 403 g/mol. The number of ether oxygens (including phenoxy) is 1. The number of nitrogens with zero attached hydrogens (tertiary/aromatic N) is 1. The molecular formula is C17H23Cl2N3O2S. The van der Waals surface area contributed by atoms with Crippen molar-refractivity contribution in [2.24, 2.45) is 0 Å². The van der Waals surface area contributed by atoms with Gasteiger partial charge >= 0.3 is 0 Å². The van der Waals surface area contributed by atoms with Crippen LogP contribution in [-0.4, -0.2) is 43.2 Å². The number of carbonyl (C=O) groups excluding carboxylic acids is 1. The minimum Gasteiger partial charge on any atom is -0.366 e. The maximum absolute atomic E-state index is 12.0. The second kappa shape index (κ2) is 10.7. The van der Waals surface area contributed by atoms with Crippen molar-refractivity contribution in [3.05, 3.63) is 40.2 Å². The topological polar surface area (TPSA) is 63.2 Å². The largest absolute Gasteiger partial charge is 0.366 e. The molecule has 1 fully saturated rings. The third-order valence-electron chi connectivity index (χ3n) is 3.75. The molecule has 1 amide bonds. The fraction of sp³-hybridized carbons (Fsp3) is 0.412. The van der Waals surface area contributed by atoms with Gasteiger partial charge in [0.2, 0.25) is 5.91 Å². The van der Waals surface area contributed by atoms with E-state index in [4.69, 9.17) is 9.72 Å². The standard InChI is InChI=1S/C17H21N3O2S.2ClH/c1-12-16(13-5-3-2-4-6-13)20-15(23-12)7-8-19-17(21)14-11-18-9-10-22-14;;/h2-6,14,18H,7-11H2,1H3,(H,19,21);2*1H. The van der Waals surface area contributed by atoms with Gasteiger partial charge in [-0.3, -0.25) is 4.79 Å². The van der Waals surface area contributed by atoms with Gasteiger partial charge in [-0.05, 0) is 6.92 Å². The van der Waals surface area contributed by atoms with Crippen LogP contribution in [0.15, 0.2) is 30.3 Å². The zero-order valence-corrected chi connectivity index (χ0v) is 16.4. The fourth-order valence-corrected chi connectivity index (χ4v) is 3.52. The molecule has 0 saturated carbocycles. The Balaban J connectivity index is 0.00000156. The van der Waals surface area contributed by atoms with Crippen molar-refractivity contribution in [2.45, 2.75) is 19.4 Å². The summed E-state index contributed by atoms with van der Waals surface area (Å²) in [4.78, 5) is 17.9. The van der Waals surface area contributed by atoms with Crippen molar-refractivity contribution in [3.63, 3.8) is 0 Å². The fourth-order valence-electron chi connectivity index (χ4n) is 2.56. The Kier molecular flexibility index (Phi) is 9.38. The van der Waals surface area contributed by atoms with Gasteiger partial charge in [0, 0.05) is 36.5 Å². The molecule has 1 aliphatic heterocycles. The van der Waals surface area contributed by atoms with Gasteiger partial charge in [0.25, 0.3) is 0 Å². The Morgan fingerprint density at radius 2 is 2.12 bits per heavy atom. The van der Waals surface area contributed by atoms with Crippen LogP contribution < -0.4 is 10.6 Å². The SMILES string of the molecule is Cc1sc(CCNC(=O)C2CNCCO2)nc1-c1ccccc1.Cl.Cl. The number of thiazole rings is 1. The lowest BCUT2D eigenvalue weighted by Gasteiger charge is -2.22. The van der Waals surface area contributed by atoms with E-state index in [1.54, 1.807) is 11.3 Å². The van der Waals surface area contributed by atoms with E-state index in [-0.39, 0.29) is 36.8 Å². The van der Waals surface area contributed by atoms with E-state index in [2.05, 4.69) is 29.7 Å². The average molecular weight is 404 g/mol. The highest BCUT2D eigenvalue weighted by Crippen LogP contribution is 2.27. The molecule has 1 atom stereocenters. The first-order valence-electron chi connectivity index (χ1n) is 7.86. The van der Waals surface area contributed by atoms with Gasteiger partial charge in [-0.15, -0.1) is 36.2 Å². The van der Waals surface area contributed by atoms with E-state index in [1.165, 1.54) is 4.88 Å². The van der Waals surface area contributed by atoms with Crippen LogP contribution in [0.25, 0.3) is 11.3 Å². The summed E-state index contributed by atoms with van der Waals surface area (Å²) in [5.41, 5.74) is 2.18. The van der Waals surface area contributed by atoms with Crippen LogP contribution in [0, 0.1) is 6.92 Å². The lowest BCUT2D eigenvalue weighted by Crippen LogP contribution is -2.48. The smallest absolute Gasteiger partial charge is 0.250 e. The maximum Gasteiger partial charge on any atom is 0.250 e. The Hall–Kier alpha value is -1.18. The highest BCUT2D eigenvalue weighted by Gasteiger charge is 2.21. The summed E-state index contributed by atoms with van der Waals surface area (Å²) in [7, 11) is 0. The molecular weight excluding hydrogens is 381 g/mol. The molecule has 1 unspecified atom stereocenters. The van der Waals surface area contributed by atoms with Crippen LogP contribution in [0.4, 0.5) is 0 Å². The van der Waals surface area contributed by atoms with Crippen molar-refractivity contribution in [1.29, 1.82) is 0 Å². The van der Waals surface area contributed by atoms with Crippen molar-refractivity contribution in [3.8, 4) is 11.3 Å². The first kappa shape index (κ1) is 21.9. The zero-order chi connectivity index (χ0) is 16.1. The second-order valence-electron chi connectivity index (χ2n) is 5.48. The third-order valence-corrected chi connectivity index (χ3v) is 4.78. The number of aromatic nitrogens is 1. The highest BCUT2D eigenvalue weighted by molar-refractivity contribution is 7.12. The molecule has 2 aromatic rings. The second-order valence-corrected chi connectivity index (χ2v) is 6.77. The van der Waals surface area contributed by atoms with E-state index in [0.29, 0.717) is 19.7 Å². The van der Waals surface area contributed by atoms with Crippen LogP contribution >= 0.6 is 36.2 Å². The summed E-state index contributed by atoms with van der Waals surface area (Å²) < 4.78 is 5.44. The number of halogens is 2. The number of aryl methyl sites for hydroxylation is 1. The summed E-state index contributed by atoms with van der Waals surface area (Å²) in [5.74, 6) is -0.0474. The molecule has 3 rings (SSSR count). The number of morpholine rings is 1. The van der Waals surface area contributed by atoms with Crippen molar-refractivity contribution >= 4 is 42.1 Å². The van der Waals surface area contributed by atoms with Crippen LogP contribution in [0.3, 0.4) is 0 Å². The number of amides is 1. The van der Waals surface area contributed by atoms with Gasteiger partial charge in [-0.25, -0.2) is 4.98 Å². The molecule has 0 radical (unpaired) electrons. The van der Waals surface area contributed by atoms with Crippen molar-refractivity contribution in [1.82, 2.24) is 15.6 Å². The number of rotatable bonds is 5. The van der Waals surface area contributed by atoms with Gasteiger partial charge < -0.3 is 15.4 Å². The minimum atomic E-state index is -0.373. The Bertz CT molecular complexity index is 661. The van der Waals surface area contributed by atoms with Gasteiger partial charge in [-0.1, -0.05) is 30.3 Å². The first-order valence-corrected chi connectivity index (χ1v) is 8.67. The quantitative estimate of drug-likeness (QED) is 0.804. The Labute approximate surface area is 164 Å². The van der Waals surface area contributed by atoms with Gasteiger partial charge in [-0.2, -0.15) is 0 Å². The summed E-state index contributed by atoms with van der Waals surface area (Å²) in [6.45, 7) is 4.65. The first-order chi connectivity index (χ1) is 11.2. The maximum atomic E-state index is 12.0. The normalized spacial score (nSPS) is 16.4. The van der Waals surface area contributed by atoms with E-state index in [1.807, 2.05) is 18.2 Å². The van der Waals surface area contributed by atoms with E-state index < -0.39 is 0 Å². The van der Waals surface area contributed by atoms with E-state index in [9.17, 15) is 4.79 Å². The molecule has 1 aromatic heterocycles. The highest BCUT2D eigenvalue weighted by atomic mass is 35.5. The molecule has 138 valence electrons. The number of nitrogens with one attached hydrogen (secondary N) is 2. The molecule has 0 bridgehead atoms. The summed E-state index contributed by atoms with van der Waals surface area (Å²) in [6, 6.07) is 10.2. The van der Waals surface area contributed by atoms with Crippen LogP contribution in [-0.2, 0) is 16.0 Å². The predicted molar refractivity (Wildman–Crippen MR) is 106 cm³/mol. The van der Waals surface area contributed by atoms with Crippen LogP contribution in [0.1, 0.15) is 9.88 Å². The molecule has 2 heterocycles. The number of hydrogen-bond donors (Lipinski definition) is 2. The molecule has 25 heavy (non-hydrogen) atoms. The minimum absolute atomic E-state index is 0. The van der Waals surface area contributed by atoms with Crippen molar-refractivity contribution < 1.29 is 9.53 Å². The van der Waals surface area contributed by atoms with E-state index in [0.717, 1.165) is 29.2 Å². The van der Waals surface area contributed by atoms with Crippen molar-refractivity contribution in [2.75, 3.05) is 26.2 Å². The third kappa shape index (κ3) is 5.94. The van der Waals surface area contributed by atoms with Gasteiger partial charge in [0.1, 0.15) is 6.10 Å². The molecule has 1 aliphatic rings. The van der Waals surface area contributed by atoms with Gasteiger partial charge in [0.05, 0.1) is 17.3 Å². The van der Waals surface area contributed by atoms with Gasteiger partial charge in [0.15, 0.2) is 0 Å². The lowest BCUT2D eigenvalue weighted by atomic mass is 10.1. The molecule has 2 N–H and O–H groups in total. The molecule has 8 heteroatoms. The molecule has 0 spiro atoms. The average Bonchev–Trinajstić information content (AvgIpc) is 2.97. The number of carbonyl (C=O) groups is 1. The summed E-state index contributed by atoms with van der Waals surface area (Å²) in [5, 5.41) is 7.13. The van der Waals surface area contributed by atoms with E-state index >= 15 is 0 Å². The number of hydrogen-bond acceptors (Lipinski definition) is 5. The van der Waals surface area contributed by atoms with Crippen LogP contribution in [0.2, 0.25) is 0 Å². The Morgan fingerprint density at radius 3 is 2.80 bits per heavy atom. The summed E-state index contributed by atoms with van der Waals surface area (Å²) >= 11 is 1.69. The molecule has 5 nitrogen and oxygen atoms in total. The van der Waals surface area contributed by atoms with Crippen LogP contribution in [0.5, 0.6) is 0 Å². The Morgan fingerprint density at radius 1 is 1.36 bits per heavy atom. The molecule has 1 saturated heterocycles. The lowest BCUT2D eigenvalue weighted by molar-refractivity contribution is -0.134. The zero-order valence-electron chi connectivity index (χ0n) is 14.0. The number of benzene rings is 1.